The van der Waals surface area contributed by atoms with Crippen molar-refractivity contribution >= 4 is 5.82 Å². The summed E-state index contributed by atoms with van der Waals surface area (Å²) in [5.74, 6) is 3.75. The molecule has 0 saturated heterocycles. The molecule has 0 saturated carbocycles. The minimum absolute atomic E-state index is 0.455. The van der Waals surface area contributed by atoms with Crippen LogP contribution >= 0.6 is 0 Å². The molecule has 0 fully saturated rings. The van der Waals surface area contributed by atoms with Gasteiger partial charge in [-0.25, -0.2) is 4.98 Å². The molecule has 0 amide bonds. The predicted octanol–water partition coefficient (Wildman–Crippen LogP) is 5.56. The van der Waals surface area contributed by atoms with Gasteiger partial charge in [0, 0.05) is 17.2 Å². The van der Waals surface area contributed by atoms with Gasteiger partial charge in [0.25, 0.3) is 0 Å². The number of nitrogens with zero attached hydrogens (tertiary/aromatic N) is 2. The Balaban J connectivity index is 1.93. The Bertz CT molecular complexity index is 832. The number of hydrogen-bond donors (Lipinski definition) is 1. The average Bonchev–Trinajstić information content (AvgIpc) is 3.17. The van der Waals surface area contributed by atoms with Crippen LogP contribution in [0.15, 0.2) is 18.3 Å². The molecular weight excluding hydrogens is 330 g/mol. The van der Waals surface area contributed by atoms with E-state index in [0.29, 0.717) is 6.04 Å². The Labute approximate surface area is 164 Å². The van der Waals surface area contributed by atoms with Gasteiger partial charge in [-0.15, -0.1) is 6.42 Å². The lowest BCUT2D eigenvalue weighted by molar-refractivity contribution is 0.591. The molecule has 27 heavy (non-hydrogen) atoms. The maximum atomic E-state index is 5.82. The van der Waals surface area contributed by atoms with Crippen molar-refractivity contribution in [3.05, 3.63) is 40.7 Å². The summed E-state index contributed by atoms with van der Waals surface area (Å²) >= 11 is 0. The van der Waals surface area contributed by atoms with Crippen LogP contribution in [0.2, 0.25) is 0 Å². The second kappa shape index (κ2) is 9.04. The summed E-state index contributed by atoms with van der Waals surface area (Å²) in [6, 6.07) is 4.89. The van der Waals surface area contributed by atoms with Crippen molar-refractivity contribution in [3.63, 3.8) is 0 Å². The molecule has 3 nitrogen and oxygen atoms in total. The van der Waals surface area contributed by atoms with Gasteiger partial charge in [-0.05, 0) is 61.8 Å². The van der Waals surface area contributed by atoms with Gasteiger partial charge in [0.2, 0.25) is 0 Å². The molecule has 2 aromatic rings. The first-order chi connectivity index (χ1) is 13.2. The molecule has 3 heteroatoms. The lowest BCUT2D eigenvalue weighted by Crippen LogP contribution is -2.19. The van der Waals surface area contributed by atoms with Crippen molar-refractivity contribution in [1.29, 1.82) is 0 Å². The van der Waals surface area contributed by atoms with Crippen LogP contribution in [0.3, 0.4) is 0 Å². The van der Waals surface area contributed by atoms with Crippen LogP contribution in [-0.2, 0) is 19.3 Å². The Morgan fingerprint density at radius 1 is 1.19 bits per heavy atom. The molecule has 0 spiro atoms. The summed E-state index contributed by atoms with van der Waals surface area (Å²) in [6.07, 6.45) is 16.7. The molecule has 1 atom stereocenters. The van der Waals surface area contributed by atoms with Crippen molar-refractivity contribution in [2.45, 2.75) is 78.2 Å². The van der Waals surface area contributed by atoms with E-state index in [1.807, 2.05) is 6.20 Å². The minimum Gasteiger partial charge on any atom is -0.366 e. The highest BCUT2D eigenvalue weighted by atomic mass is 15.0. The monoisotopic (exact) mass is 361 g/mol. The summed E-state index contributed by atoms with van der Waals surface area (Å²) in [6.45, 7) is 6.59. The highest BCUT2D eigenvalue weighted by Crippen LogP contribution is 2.32. The Morgan fingerprint density at radius 2 is 1.96 bits per heavy atom. The van der Waals surface area contributed by atoms with Gasteiger partial charge in [0.1, 0.15) is 5.82 Å². The van der Waals surface area contributed by atoms with Crippen LogP contribution in [-0.4, -0.2) is 16.0 Å². The van der Waals surface area contributed by atoms with Crippen LogP contribution in [0, 0.1) is 12.3 Å². The Kier molecular flexibility index (Phi) is 6.50. The number of terminal acetylenes is 1. The van der Waals surface area contributed by atoms with Crippen LogP contribution < -0.4 is 5.32 Å². The van der Waals surface area contributed by atoms with E-state index in [2.05, 4.69) is 44.1 Å². The van der Waals surface area contributed by atoms with Crippen LogP contribution in [0.1, 0.15) is 75.3 Å². The molecule has 1 aromatic carbocycles. The van der Waals surface area contributed by atoms with Gasteiger partial charge in [0.15, 0.2) is 0 Å². The number of nitrogens with one attached hydrogen (secondary N) is 1. The molecule has 0 aliphatic heterocycles. The van der Waals surface area contributed by atoms with Crippen molar-refractivity contribution in [2.24, 2.45) is 0 Å². The molecule has 0 bridgehead atoms. The minimum atomic E-state index is 0.455. The molecule has 0 radical (unpaired) electrons. The SMILES string of the molecule is C#Cc1cc2c(cc1-c1ncc(NC(CC)CCCC)nc1CC)CCC2. The summed E-state index contributed by atoms with van der Waals surface area (Å²) < 4.78 is 0. The Hall–Kier alpha value is -2.34. The highest BCUT2D eigenvalue weighted by molar-refractivity contribution is 5.72. The summed E-state index contributed by atoms with van der Waals surface area (Å²) in [4.78, 5) is 9.69. The fraction of sp³-hybridized carbons (Fsp3) is 0.500. The smallest absolute Gasteiger partial charge is 0.145 e. The Morgan fingerprint density at radius 3 is 2.63 bits per heavy atom. The molecule has 1 aliphatic rings. The maximum Gasteiger partial charge on any atom is 0.145 e. The fourth-order valence-corrected chi connectivity index (χ4v) is 3.95. The molecule has 1 N–H and O–H groups in total. The first-order valence-electron chi connectivity index (χ1n) is 10.4. The van der Waals surface area contributed by atoms with Gasteiger partial charge in [-0.2, -0.15) is 0 Å². The van der Waals surface area contributed by atoms with Gasteiger partial charge >= 0.3 is 0 Å². The number of rotatable bonds is 8. The fourth-order valence-electron chi connectivity index (χ4n) is 3.95. The third kappa shape index (κ3) is 4.33. The van der Waals surface area contributed by atoms with Crippen molar-refractivity contribution in [1.82, 2.24) is 9.97 Å². The summed E-state index contributed by atoms with van der Waals surface area (Å²) in [5, 5.41) is 3.57. The third-order valence-electron chi connectivity index (χ3n) is 5.57. The second-order valence-corrected chi connectivity index (χ2v) is 7.46. The first-order valence-corrected chi connectivity index (χ1v) is 10.4. The van der Waals surface area contributed by atoms with Gasteiger partial charge < -0.3 is 5.32 Å². The van der Waals surface area contributed by atoms with E-state index in [1.54, 1.807) is 0 Å². The van der Waals surface area contributed by atoms with E-state index in [-0.39, 0.29) is 0 Å². The molecule has 142 valence electrons. The van der Waals surface area contributed by atoms with Gasteiger partial charge in [-0.3, -0.25) is 4.98 Å². The lowest BCUT2D eigenvalue weighted by Gasteiger charge is -2.18. The number of anilines is 1. The standard InChI is InChI=1S/C24H31N3/c1-5-9-13-20(7-3)26-23-16-25-24(22(8-4)27-23)21-15-19-12-10-11-18(19)14-17(21)6-2/h2,14-16,20H,5,7-13H2,1,3-4H3,(H,26,27). The lowest BCUT2D eigenvalue weighted by atomic mass is 9.96. The molecule has 3 rings (SSSR count). The quantitative estimate of drug-likeness (QED) is 0.626. The zero-order valence-electron chi connectivity index (χ0n) is 16.9. The average molecular weight is 362 g/mol. The number of hydrogen-bond acceptors (Lipinski definition) is 3. The van der Waals surface area contributed by atoms with Crippen molar-refractivity contribution in [2.75, 3.05) is 5.32 Å². The molecule has 1 aromatic heterocycles. The molecular formula is C24H31N3. The van der Waals surface area contributed by atoms with E-state index in [9.17, 15) is 0 Å². The highest BCUT2D eigenvalue weighted by Gasteiger charge is 2.18. The second-order valence-electron chi connectivity index (χ2n) is 7.46. The zero-order chi connectivity index (χ0) is 19.2. The predicted molar refractivity (Wildman–Crippen MR) is 114 cm³/mol. The normalized spacial score (nSPS) is 13.9. The van der Waals surface area contributed by atoms with Crippen LogP contribution in [0.25, 0.3) is 11.3 Å². The maximum absolute atomic E-state index is 5.82. The van der Waals surface area contributed by atoms with E-state index in [0.717, 1.165) is 54.0 Å². The molecule has 1 unspecified atom stereocenters. The van der Waals surface area contributed by atoms with Gasteiger partial charge in [0.05, 0.1) is 17.6 Å². The van der Waals surface area contributed by atoms with E-state index in [1.165, 1.54) is 36.8 Å². The number of fused-ring (bicyclic) bond motifs is 1. The van der Waals surface area contributed by atoms with Gasteiger partial charge in [-0.1, -0.05) is 39.5 Å². The van der Waals surface area contributed by atoms with Crippen molar-refractivity contribution < 1.29 is 0 Å². The van der Waals surface area contributed by atoms with Crippen LogP contribution in [0.4, 0.5) is 5.82 Å². The zero-order valence-corrected chi connectivity index (χ0v) is 16.9. The largest absolute Gasteiger partial charge is 0.366 e. The summed E-state index contributed by atoms with van der Waals surface area (Å²) in [5.41, 5.74) is 6.77. The summed E-state index contributed by atoms with van der Waals surface area (Å²) in [7, 11) is 0. The first kappa shape index (κ1) is 19.4. The topological polar surface area (TPSA) is 37.8 Å². The third-order valence-corrected chi connectivity index (χ3v) is 5.57. The number of aromatic nitrogens is 2. The van der Waals surface area contributed by atoms with E-state index < -0.39 is 0 Å². The molecule has 1 aliphatic carbocycles. The van der Waals surface area contributed by atoms with Crippen LogP contribution in [0.5, 0.6) is 0 Å². The van der Waals surface area contributed by atoms with E-state index >= 15 is 0 Å². The van der Waals surface area contributed by atoms with Crippen molar-refractivity contribution in [3.8, 4) is 23.6 Å². The number of aryl methyl sites for hydroxylation is 3. The molecule has 1 heterocycles. The number of unbranched alkanes of at least 4 members (excludes halogenated alkanes) is 1. The number of benzene rings is 1. The van der Waals surface area contributed by atoms with E-state index in [4.69, 9.17) is 16.4 Å².